The Morgan fingerprint density at radius 3 is 2.67 bits per heavy atom. The van der Waals surface area contributed by atoms with E-state index >= 15 is 0 Å². The summed E-state index contributed by atoms with van der Waals surface area (Å²) in [5.74, 6) is -3.89. The van der Waals surface area contributed by atoms with Crippen molar-refractivity contribution in [3.8, 4) is 0 Å². The zero-order valence-electron chi connectivity index (χ0n) is 13.6. The molecule has 0 aromatic carbocycles. The van der Waals surface area contributed by atoms with Crippen LogP contribution in [0.5, 0.6) is 0 Å². The lowest BCUT2D eigenvalue weighted by Crippen LogP contribution is -2.64. The van der Waals surface area contributed by atoms with Crippen LogP contribution in [0.25, 0.3) is 0 Å². The molecule has 2 saturated heterocycles. The molecule has 3 rings (SSSR count). The fourth-order valence-electron chi connectivity index (χ4n) is 3.70. The maximum absolute atomic E-state index is 12.7. The molecular weight excluding hydrogens is 320 g/mol. The summed E-state index contributed by atoms with van der Waals surface area (Å²) in [4.78, 5) is 36.9. The molecule has 0 aromatic rings. The molecule has 0 aromatic heterocycles. The molecule has 3 aliphatic rings. The number of carbonyl (C=O) groups is 3. The van der Waals surface area contributed by atoms with Crippen molar-refractivity contribution in [2.24, 2.45) is 5.92 Å². The van der Waals surface area contributed by atoms with Gasteiger partial charge in [0.2, 0.25) is 0 Å². The number of carbonyl (C=O) groups excluding carboxylic acids is 3. The van der Waals surface area contributed by atoms with Gasteiger partial charge < -0.3 is 24.4 Å². The second-order valence-corrected chi connectivity index (χ2v) is 6.66. The largest absolute Gasteiger partial charge is 0.469 e. The van der Waals surface area contributed by atoms with E-state index in [1.165, 1.54) is 13.0 Å². The Hall–Kier alpha value is -1.77. The summed E-state index contributed by atoms with van der Waals surface area (Å²) >= 11 is 0. The minimum atomic E-state index is -2.39. The van der Waals surface area contributed by atoms with Gasteiger partial charge in [-0.05, 0) is 38.3 Å². The monoisotopic (exact) mass is 340 g/mol. The van der Waals surface area contributed by atoms with E-state index in [1.54, 1.807) is 6.92 Å². The van der Waals surface area contributed by atoms with E-state index in [4.69, 9.17) is 9.47 Å². The molecule has 0 aliphatic carbocycles. The van der Waals surface area contributed by atoms with Crippen LogP contribution in [0.4, 0.5) is 0 Å². The van der Waals surface area contributed by atoms with E-state index in [1.807, 2.05) is 0 Å². The number of fused-ring (bicyclic) bond motifs is 1. The van der Waals surface area contributed by atoms with Crippen LogP contribution in [0.15, 0.2) is 11.6 Å². The predicted molar refractivity (Wildman–Crippen MR) is 77.6 cm³/mol. The van der Waals surface area contributed by atoms with Gasteiger partial charge >= 0.3 is 11.9 Å². The molecule has 0 radical (unpaired) electrons. The Kier molecular flexibility index (Phi) is 3.82. The van der Waals surface area contributed by atoms with Gasteiger partial charge in [-0.25, -0.2) is 4.79 Å². The SMILES string of the molecule is COC(=O)[C@@H](C)[C@@]1(O)C(=O)/C=C(/C)[C@@H]2CC[C@@]3(O)C(=O)O[C@@H]1[C@@H]3O2. The van der Waals surface area contributed by atoms with E-state index in [0.29, 0.717) is 12.0 Å². The van der Waals surface area contributed by atoms with Gasteiger partial charge in [0.25, 0.3) is 0 Å². The highest BCUT2D eigenvalue weighted by Gasteiger charge is 2.69. The van der Waals surface area contributed by atoms with Gasteiger partial charge in [-0.3, -0.25) is 9.59 Å². The maximum atomic E-state index is 12.7. The van der Waals surface area contributed by atoms with Crippen molar-refractivity contribution < 1.29 is 38.8 Å². The third-order valence-electron chi connectivity index (χ3n) is 5.34. The lowest BCUT2D eigenvalue weighted by atomic mass is 9.72. The van der Waals surface area contributed by atoms with Crippen molar-refractivity contribution in [2.45, 2.75) is 56.2 Å². The minimum Gasteiger partial charge on any atom is -0.469 e. The van der Waals surface area contributed by atoms with Gasteiger partial charge in [-0.15, -0.1) is 0 Å². The third kappa shape index (κ3) is 2.06. The molecule has 3 aliphatic heterocycles. The molecule has 8 nitrogen and oxygen atoms in total. The van der Waals surface area contributed by atoms with Crippen molar-refractivity contribution in [2.75, 3.05) is 7.11 Å². The minimum absolute atomic E-state index is 0.0831. The third-order valence-corrected chi connectivity index (χ3v) is 5.34. The molecule has 2 fully saturated rings. The highest BCUT2D eigenvalue weighted by molar-refractivity contribution is 6.02. The topological polar surface area (TPSA) is 119 Å². The second-order valence-electron chi connectivity index (χ2n) is 6.66. The Morgan fingerprint density at radius 1 is 1.38 bits per heavy atom. The molecular formula is C16H20O8. The second kappa shape index (κ2) is 5.37. The molecule has 24 heavy (non-hydrogen) atoms. The standard InChI is InChI=1S/C16H20O8/c1-7-6-10(17)16(21,8(2)13(18)22-3)12-11-15(20,14(19)24-12)5-4-9(7)23-11/h6,8-9,11-12,20-21H,4-5H2,1-3H3/b7-6-/t8-,9+,11+,12-,15+,16-/m1/s1. The molecule has 0 spiro atoms. The highest BCUT2D eigenvalue weighted by Crippen LogP contribution is 2.46. The van der Waals surface area contributed by atoms with Crippen LogP contribution in [0, 0.1) is 5.92 Å². The van der Waals surface area contributed by atoms with Crippen molar-refractivity contribution in [1.29, 1.82) is 0 Å². The molecule has 0 saturated carbocycles. The first-order chi connectivity index (χ1) is 11.2. The fourth-order valence-corrected chi connectivity index (χ4v) is 3.70. The normalized spacial score (nSPS) is 44.7. The molecule has 2 bridgehead atoms. The van der Waals surface area contributed by atoms with E-state index < -0.39 is 53.2 Å². The Labute approximate surface area is 138 Å². The zero-order chi connectivity index (χ0) is 17.9. The lowest BCUT2D eigenvalue weighted by molar-refractivity contribution is -0.200. The predicted octanol–water partition coefficient (Wildman–Crippen LogP) is -0.740. The maximum Gasteiger partial charge on any atom is 0.341 e. The van der Waals surface area contributed by atoms with Gasteiger partial charge in [-0.2, -0.15) is 0 Å². The molecule has 2 N–H and O–H groups in total. The Balaban J connectivity index is 2.16. The summed E-state index contributed by atoms with van der Waals surface area (Å²) in [6, 6.07) is 0. The first-order valence-corrected chi connectivity index (χ1v) is 7.78. The first-order valence-electron chi connectivity index (χ1n) is 7.78. The van der Waals surface area contributed by atoms with Gasteiger partial charge in [0.05, 0.1) is 19.1 Å². The number of ether oxygens (including phenoxy) is 3. The van der Waals surface area contributed by atoms with Crippen molar-refractivity contribution in [3.05, 3.63) is 11.6 Å². The summed E-state index contributed by atoms with van der Waals surface area (Å²) in [7, 11) is 1.13. The quantitative estimate of drug-likeness (QED) is 0.631. The first kappa shape index (κ1) is 17.1. The van der Waals surface area contributed by atoms with Gasteiger partial charge in [0, 0.05) is 0 Å². The van der Waals surface area contributed by atoms with Crippen LogP contribution in [0.3, 0.4) is 0 Å². The zero-order valence-corrected chi connectivity index (χ0v) is 13.6. The molecule has 0 amide bonds. The van der Waals surface area contributed by atoms with Crippen LogP contribution >= 0.6 is 0 Å². The number of aliphatic hydroxyl groups is 2. The van der Waals surface area contributed by atoms with E-state index in [0.717, 1.165) is 7.11 Å². The average Bonchev–Trinajstić information content (AvgIpc) is 2.82. The summed E-state index contributed by atoms with van der Waals surface area (Å²) in [5.41, 5.74) is -3.78. The van der Waals surface area contributed by atoms with Gasteiger partial charge in [0.1, 0.15) is 6.10 Å². The molecule has 6 atom stereocenters. The number of hydrogen-bond acceptors (Lipinski definition) is 8. The molecule has 0 unspecified atom stereocenters. The summed E-state index contributed by atoms with van der Waals surface area (Å²) in [5, 5.41) is 21.7. The molecule has 132 valence electrons. The van der Waals surface area contributed by atoms with Crippen LogP contribution in [0.2, 0.25) is 0 Å². The summed E-state index contributed by atoms with van der Waals surface area (Å²) in [6.07, 6.45) is -1.57. The summed E-state index contributed by atoms with van der Waals surface area (Å²) in [6.45, 7) is 2.97. The van der Waals surface area contributed by atoms with E-state index in [2.05, 4.69) is 4.74 Å². The van der Waals surface area contributed by atoms with E-state index in [9.17, 15) is 24.6 Å². The van der Waals surface area contributed by atoms with Crippen LogP contribution < -0.4 is 0 Å². The molecule has 3 heterocycles. The lowest BCUT2D eigenvalue weighted by Gasteiger charge is -2.43. The Morgan fingerprint density at radius 2 is 2.04 bits per heavy atom. The smallest absolute Gasteiger partial charge is 0.341 e. The van der Waals surface area contributed by atoms with Gasteiger partial charge in [0.15, 0.2) is 23.1 Å². The van der Waals surface area contributed by atoms with Crippen LogP contribution in [-0.2, 0) is 28.6 Å². The van der Waals surface area contributed by atoms with Crippen molar-refractivity contribution in [1.82, 2.24) is 0 Å². The number of methoxy groups -OCH3 is 1. The van der Waals surface area contributed by atoms with Crippen LogP contribution in [0.1, 0.15) is 26.7 Å². The van der Waals surface area contributed by atoms with E-state index in [-0.39, 0.29) is 6.42 Å². The van der Waals surface area contributed by atoms with Gasteiger partial charge in [-0.1, -0.05) is 0 Å². The number of esters is 2. The van der Waals surface area contributed by atoms with Crippen molar-refractivity contribution >= 4 is 17.7 Å². The number of ketones is 1. The average molecular weight is 340 g/mol. The fraction of sp³-hybridized carbons (Fsp3) is 0.688. The summed E-state index contributed by atoms with van der Waals surface area (Å²) < 4.78 is 15.6. The van der Waals surface area contributed by atoms with Crippen molar-refractivity contribution in [3.63, 3.8) is 0 Å². The highest BCUT2D eigenvalue weighted by atomic mass is 16.6. The number of rotatable bonds is 2. The van der Waals surface area contributed by atoms with Crippen LogP contribution in [-0.4, -0.2) is 64.6 Å². The Bertz CT molecular complexity index is 640. The number of hydrogen-bond donors (Lipinski definition) is 2. The molecule has 8 heteroatoms.